The Bertz CT molecular complexity index is 1230. The van der Waals surface area contributed by atoms with Crippen molar-refractivity contribution in [3.8, 4) is 5.69 Å². The second kappa shape index (κ2) is 7.96. The topological polar surface area (TPSA) is 89.2 Å². The Morgan fingerprint density at radius 1 is 1.13 bits per heavy atom. The minimum Gasteiger partial charge on any atom is -0.459 e. The highest BCUT2D eigenvalue weighted by Gasteiger charge is 2.17. The highest BCUT2D eigenvalue weighted by molar-refractivity contribution is 7.18. The highest BCUT2D eigenvalue weighted by Crippen LogP contribution is 2.28. The minimum atomic E-state index is -0.483. The average molecular weight is 424 g/mol. The van der Waals surface area contributed by atoms with Crippen LogP contribution in [0.25, 0.3) is 5.69 Å². The van der Waals surface area contributed by atoms with Gasteiger partial charge in [-0.05, 0) is 55.8 Å². The summed E-state index contributed by atoms with van der Waals surface area (Å²) in [6.45, 7) is 3.54. The molecule has 0 atom stereocenters. The van der Waals surface area contributed by atoms with E-state index in [1.54, 1.807) is 61.1 Å². The van der Waals surface area contributed by atoms with Gasteiger partial charge >= 0.3 is 0 Å². The average Bonchev–Trinajstić information content (AvgIpc) is 3.44. The van der Waals surface area contributed by atoms with Crippen LogP contribution < -0.4 is 10.6 Å². The number of amides is 2. The summed E-state index contributed by atoms with van der Waals surface area (Å²) in [6.07, 6.45) is 4.66. The number of aromatic nitrogens is 2. The molecule has 30 heavy (non-hydrogen) atoms. The van der Waals surface area contributed by atoms with Crippen LogP contribution in [0.2, 0.25) is 0 Å². The molecule has 4 aromatic rings. The summed E-state index contributed by atoms with van der Waals surface area (Å²) in [5.41, 5.74) is 1.37. The number of anilines is 2. The Labute approximate surface area is 175 Å². The number of hydrogen-bond donors (Lipinski definition) is 2. The second-order valence-corrected chi connectivity index (χ2v) is 7.57. The molecule has 3 heterocycles. The molecule has 152 valence electrons. The van der Waals surface area contributed by atoms with Gasteiger partial charge in [0.2, 0.25) is 0 Å². The Morgan fingerprint density at radius 2 is 1.97 bits per heavy atom. The maximum Gasteiger partial charge on any atom is 0.291 e. The van der Waals surface area contributed by atoms with Gasteiger partial charge in [-0.1, -0.05) is 0 Å². The van der Waals surface area contributed by atoms with Crippen molar-refractivity contribution in [3.05, 3.63) is 82.9 Å². The maximum atomic E-state index is 14.6. The molecule has 0 radical (unpaired) electrons. The van der Waals surface area contributed by atoms with Crippen LogP contribution in [0.1, 0.15) is 31.6 Å². The number of rotatable bonds is 5. The Balaban J connectivity index is 1.49. The first kappa shape index (κ1) is 19.6. The predicted molar refractivity (Wildman–Crippen MR) is 112 cm³/mol. The number of carbonyl (C=O) groups excluding carboxylic acids is 2. The van der Waals surface area contributed by atoms with Gasteiger partial charge < -0.3 is 19.6 Å². The number of nitrogens with zero attached hydrogens (tertiary/aromatic N) is 2. The molecule has 0 aliphatic rings. The lowest BCUT2D eigenvalue weighted by molar-refractivity contribution is 0.0995. The van der Waals surface area contributed by atoms with Crippen LogP contribution in [0.15, 0.2) is 59.5 Å². The fourth-order valence-electron chi connectivity index (χ4n) is 2.95. The number of benzene rings is 1. The maximum absolute atomic E-state index is 14.6. The fourth-order valence-corrected chi connectivity index (χ4v) is 3.91. The molecule has 0 unspecified atom stereocenters. The van der Waals surface area contributed by atoms with Gasteiger partial charge in [-0.25, -0.2) is 9.37 Å². The number of aryl methyl sites for hydroxylation is 2. The number of nitrogens with one attached hydrogen (secondary N) is 2. The molecule has 0 fully saturated rings. The van der Waals surface area contributed by atoms with Crippen molar-refractivity contribution in [1.29, 1.82) is 0 Å². The molecule has 9 heteroatoms. The molecular formula is C21H17FN4O3S. The largest absolute Gasteiger partial charge is 0.459 e. The number of thiophene rings is 1. The van der Waals surface area contributed by atoms with Gasteiger partial charge in [-0.2, -0.15) is 0 Å². The zero-order chi connectivity index (χ0) is 21.3. The quantitative estimate of drug-likeness (QED) is 0.482. The van der Waals surface area contributed by atoms with E-state index in [1.807, 2.05) is 0 Å². The van der Waals surface area contributed by atoms with Gasteiger partial charge in [-0.3, -0.25) is 9.59 Å². The zero-order valence-corrected chi connectivity index (χ0v) is 16.9. The van der Waals surface area contributed by atoms with E-state index in [0.29, 0.717) is 32.6 Å². The normalized spacial score (nSPS) is 10.8. The van der Waals surface area contributed by atoms with E-state index in [1.165, 1.54) is 12.3 Å². The lowest BCUT2D eigenvalue weighted by Gasteiger charge is -2.09. The van der Waals surface area contributed by atoms with Crippen LogP contribution in [0.4, 0.5) is 15.1 Å². The fraction of sp³-hybridized carbons (Fsp3) is 0.0952. The van der Waals surface area contributed by atoms with Crippen LogP contribution in [-0.4, -0.2) is 21.4 Å². The molecule has 3 aromatic heterocycles. The van der Waals surface area contributed by atoms with E-state index >= 15 is 0 Å². The van der Waals surface area contributed by atoms with Crippen molar-refractivity contribution < 1.29 is 18.4 Å². The van der Waals surface area contributed by atoms with E-state index < -0.39 is 11.7 Å². The van der Waals surface area contributed by atoms with Gasteiger partial charge in [-0.15, -0.1) is 11.3 Å². The summed E-state index contributed by atoms with van der Waals surface area (Å²) >= 11 is 1.13. The van der Waals surface area contributed by atoms with Crippen molar-refractivity contribution in [2.24, 2.45) is 0 Å². The SMILES string of the molecule is Cc1cc(NC(=O)c2ccco2)sc1C(=O)Nc1ccc(-n2ccnc2C)c(F)c1. The van der Waals surface area contributed by atoms with Crippen molar-refractivity contribution in [2.45, 2.75) is 13.8 Å². The monoisotopic (exact) mass is 424 g/mol. The molecule has 0 saturated heterocycles. The van der Waals surface area contributed by atoms with Crippen LogP contribution in [0.3, 0.4) is 0 Å². The summed E-state index contributed by atoms with van der Waals surface area (Å²) in [6, 6.07) is 9.33. The number of carbonyl (C=O) groups is 2. The summed E-state index contributed by atoms with van der Waals surface area (Å²) in [5, 5.41) is 5.91. The molecule has 2 amide bonds. The van der Waals surface area contributed by atoms with E-state index in [0.717, 1.165) is 11.3 Å². The predicted octanol–water partition coefficient (Wildman–Crippen LogP) is 4.79. The lowest BCUT2D eigenvalue weighted by atomic mass is 10.2. The molecule has 0 saturated carbocycles. The van der Waals surface area contributed by atoms with Crippen molar-refractivity contribution in [2.75, 3.05) is 10.6 Å². The van der Waals surface area contributed by atoms with E-state index in [2.05, 4.69) is 15.6 Å². The van der Waals surface area contributed by atoms with Gasteiger partial charge in [0, 0.05) is 18.1 Å². The second-order valence-electron chi connectivity index (χ2n) is 6.52. The Hall–Kier alpha value is -3.72. The van der Waals surface area contributed by atoms with Gasteiger partial charge in [0.15, 0.2) is 5.76 Å². The molecule has 0 aliphatic heterocycles. The van der Waals surface area contributed by atoms with E-state index in [9.17, 15) is 14.0 Å². The van der Waals surface area contributed by atoms with Crippen LogP contribution >= 0.6 is 11.3 Å². The number of halogens is 1. The number of imidazole rings is 1. The van der Waals surface area contributed by atoms with E-state index in [-0.39, 0.29) is 11.7 Å². The first-order valence-corrected chi connectivity index (χ1v) is 9.80. The highest BCUT2D eigenvalue weighted by atomic mass is 32.1. The van der Waals surface area contributed by atoms with Crippen LogP contribution in [-0.2, 0) is 0 Å². The zero-order valence-electron chi connectivity index (χ0n) is 16.1. The molecule has 0 aliphatic carbocycles. The summed E-state index contributed by atoms with van der Waals surface area (Å²) in [7, 11) is 0. The van der Waals surface area contributed by atoms with Gasteiger partial charge in [0.1, 0.15) is 11.6 Å². The number of furan rings is 1. The summed E-state index contributed by atoms with van der Waals surface area (Å²) in [5.74, 6) is -0.439. The molecule has 0 bridgehead atoms. The standard InChI is InChI=1S/C21H17FN4O3S/c1-12-10-18(25-20(27)17-4-3-9-29-17)30-19(12)21(28)24-14-5-6-16(15(22)11-14)26-8-7-23-13(26)2/h3-11H,1-2H3,(H,24,28)(H,25,27). The summed E-state index contributed by atoms with van der Waals surface area (Å²) in [4.78, 5) is 29.3. The summed E-state index contributed by atoms with van der Waals surface area (Å²) < 4.78 is 21.2. The van der Waals surface area contributed by atoms with Crippen LogP contribution in [0.5, 0.6) is 0 Å². The molecule has 0 spiro atoms. The number of hydrogen-bond acceptors (Lipinski definition) is 5. The smallest absolute Gasteiger partial charge is 0.291 e. The first-order chi connectivity index (χ1) is 14.4. The molecular weight excluding hydrogens is 407 g/mol. The van der Waals surface area contributed by atoms with Crippen molar-refractivity contribution >= 4 is 33.8 Å². The first-order valence-electron chi connectivity index (χ1n) is 8.99. The third-order valence-corrected chi connectivity index (χ3v) is 5.55. The van der Waals surface area contributed by atoms with Crippen LogP contribution in [0, 0.1) is 19.7 Å². The molecule has 4 rings (SSSR count). The third-order valence-electron chi connectivity index (χ3n) is 4.40. The van der Waals surface area contributed by atoms with Gasteiger partial charge in [0.05, 0.1) is 21.8 Å². The lowest BCUT2D eigenvalue weighted by Crippen LogP contribution is -2.12. The third kappa shape index (κ3) is 3.87. The van der Waals surface area contributed by atoms with Crippen molar-refractivity contribution in [3.63, 3.8) is 0 Å². The Morgan fingerprint density at radius 3 is 2.63 bits per heavy atom. The van der Waals surface area contributed by atoms with E-state index in [4.69, 9.17) is 4.42 Å². The van der Waals surface area contributed by atoms with Crippen molar-refractivity contribution in [1.82, 2.24) is 9.55 Å². The van der Waals surface area contributed by atoms with Gasteiger partial charge in [0.25, 0.3) is 11.8 Å². The Kier molecular flexibility index (Phi) is 5.20. The minimum absolute atomic E-state index is 0.177. The molecule has 2 N–H and O–H groups in total. The molecule has 7 nitrogen and oxygen atoms in total. The molecule has 1 aromatic carbocycles.